The molecule has 1 saturated carbocycles. The molecule has 1 amide bonds. The van der Waals surface area contributed by atoms with Crippen molar-refractivity contribution < 1.29 is 14.7 Å². The number of nitrogens with one attached hydrogen (secondary N) is 1. The zero-order valence-corrected chi connectivity index (χ0v) is 9.16. The lowest BCUT2D eigenvalue weighted by Crippen LogP contribution is -2.33. The third-order valence-electron chi connectivity index (χ3n) is 2.87. The van der Waals surface area contributed by atoms with Crippen LogP contribution in [0, 0.1) is 11.8 Å². The molecule has 1 atom stereocenters. The van der Waals surface area contributed by atoms with Gasteiger partial charge in [-0.1, -0.05) is 13.3 Å². The minimum atomic E-state index is -0.839. The van der Waals surface area contributed by atoms with Crippen LogP contribution in [0.3, 0.4) is 0 Å². The van der Waals surface area contributed by atoms with Gasteiger partial charge in [-0.3, -0.25) is 9.59 Å². The molecule has 4 heteroatoms. The Balaban J connectivity index is 2.08. The van der Waals surface area contributed by atoms with E-state index in [1.54, 1.807) is 6.92 Å². The van der Waals surface area contributed by atoms with E-state index in [-0.39, 0.29) is 18.2 Å². The fourth-order valence-corrected chi connectivity index (χ4v) is 1.71. The summed E-state index contributed by atoms with van der Waals surface area (Å²) in [4.78, 5) is 21.8. The number of carbonyl (C=O) groups is 2. The van der Waals surface area contributed by atoms with Gasteiger partial charge in [0.1, 0.15) is 0 Å². The zero-order valence-electron chi connectivity index (χ0n) is 9.16. The maximum atomic E-state index is 11.4. The molecule has 1 aliphatic rings. The maximum absolute atomic E-state index is 11.4. The molecular formula is C11H19NO3. The number of amides is 1. The summed E-state index contributed by atoms with van der Waals surface area (Å²) >= 11 is 0. The van der Waals surface area contributed by atoms with Crippen LogP contribution in [0.2, 0.25) is 0 Å². The van der Waals surface area contributed by atoms with Crippen LogP contribution in [0.25, 0.3) is 0 Å². The minimum absolute atomic E-state index is 0.0179. The maximum Gasteiger partial charge on any atom is 0.303 e. The first kappa shape index (κ1) is 12.0. The minimum Gasteiger partial charge on any atom is -0.481 e. The molecule has 0 bridgehead atoms. The average molecular weight is 213 g/mol. The summed E-state index contributed by atoms with van der Waals surface area (Å²) in [6.07, 6.45) is 4.09. The molecule has 0 aromatic carbocycles. The van der Waals surface area contributed by atoms with E-state index >= 15 is 0 Å². The van der Waals surface area contributed by atoms with Gasteiger partial charge in [-0.2, -0.15) is 0 Å². The van der Waals surface area contributed by atoms with E-state index in [2.05, 4.69) is 5.32 Å². The first-order chi connectivity index (χ1) is 7.08. The largest absolute Gasteiger partial charge is 0.481 e. The third kappa shape index (κ3) is 4.81. The first-order valence-corrected chi connectivity index (χ1v) is 5.56. The van der Waals surface area contributed by atoms with Crippen molar-refractivity contribution in [3.63, 3.8) is 0 Å². The van der Waals surface area contributed by atoms with Crippen LogP contribution in [-0.4, -0.2) is 23.5 Å². The van der Waals surface area contributed by atoms with Crippen molar-refractivity contribution in [1.29, 1.82) is 0 Å². The third-order valence-corrected chi connectivity index (χ3v) is 2.87. The molecule has 15 heavy (non-hydrogen) atoms. The standard InChI is InChI=1S/C11H19NO3/c1-8(6-11(14)15)5-10(13)12-7-9-3-2-4-9/h8-9H,2-7H2,1H3,(H,12,13)(H,14,15). The molecule has 0 aromatic heterocycles. The van der Waals surface area contributed by atoms with Gasteiger partial charge >= 0.3 is 5.97 Å². The summed E-state index contributed by atoms with van der Waals surface area (Å²) in [6.45, 7) is 2.55. The van der Waals surface area contributed by atoms with E-state index in [1.165, 1.54) is 19.3 Å². The molecular weight excluding hydrogens is 194 g/mol. The second-order valence-electron chi connectivity index (χ2n) is 4.51. The molecule has 1 aliphatic carbocycles. The second-order valence-corrected chi connectivity index (χ2v) is 4.51. The van der Waals surface area contributed by atoms with Crippen LogP contribution in [0.5, 0.6) is 0 Å². The summed E-state index contributed by atoms with van der Waals surface area (Å²) in [5, 5.41) is 11.4. The van der Waals surface area contributed by atoms with E-state index in [4.69, 9.17) is 5.11 Å². The van der Waals surface area contributed by atoms with E-state index in [9.17, 15) is 9.59 Å². The van der Waals surface area contributed by atoms with E-state index in [0.29, 0.717) is 12.3 Å². The highest BCUT2D eigenvalue weighted by molar-refractivity contribution is 5.77. The average Bonchev–Trinajstić information content (AvgIpc) is 1.98. The molecule has 0 heterocycles. The lowest BCUT2D eigenvalue weighted by Gasteiger charge is -2.25. The monoisotopic (exact) mass is 213 g/mol. The van der Waals surface area contributed by atoms with Crippen molar-refractivity contribution in [1.82, 2.24) is 5.32 Å². The van der Waals surface area contributed by atoms with Crippen LogP contribution in [-0.2, 0) is 9.59 Å². The Morgan fingerprint density at radius 2 is 2.07 bits per heavy atom. The SMILES string of the molecule is CC(CC(=O)O)CC(=O)NCC1CCC1. The van der Waals surface area contributed by atoms with E-state index < -0.39 is 5.97 Å². The first-order valence-electron chi connectivity index (χ1n) is 5.56. The smallest absolute Gasteiger partial charge is 0.303 e. The molecule has 1 fully saturated rings. The lowest BCUT2D eigenvalue weighted by molar-refractivity contribution is -0.138. The lowest BCUT2D eigenvalue weighted by atomic mass is 9.85. The van der Waals surface area contributed by atoms with Crippen molar-refractivity contribution in [2.45, 2.75) is 39.0 Å². The van der Waals surface area contributed by atoms with Gasteiger partial charge in [0.2, 0.25) is 5.91 Å². The highest BCUT2D eigenvalue weighted by Crippen LogP contribution is 2.25. The number of aliphatic carboxylic acids is 1. The highest BCUT2D eigenvalue weighted by atomic mass is 16.4. The number of hydrogen-bond acceptors (Lipinski definition) is 2. The molecule has 0 spiro atoms. The van der Waals surface area contributed by atoms with Crippen LogP contribution in [0.15, 0.2) is 0 Å². The van der Waals surface area contributed by atoms with Crippen molar-refractivity contribution in [3.8, 4) is 0 Å². The van der Waals surface area contributed by atoms with Crippen molar-refractivity contribution in [2.24, 2.45) is 11.8 Å². The number of rotatable bonds is 6. The highest BCUT2D eigenvalue weighted by Gasteiger charge is 2.18. The number of hydrogen-bond donors (Lipinski definition) is 2. The Labute approximate surface area is 90.0 Å². The molecule has 0 aliphatic heterocycles. The number of carbonyl (C=O) groups excluding carboxylic acids is 1. The summed E-state index contributed by atoms with van der Waals surface area (Å²) in [5.74, 6) is -0.280. The Kier molecular flexibility index (Phi) is 4.59. The second kappa shape index (κ2) is 5.73. The van der Waals surface area contributed by atoms with Crippen molar-refractivity contribution >= 4 is 11.9 Å². The van der Waals surface area contributed by atoms with Crippen LogP contribution >= 0.6 is 0 Å². The van der Waals surface area contributed by atoms with Gasteiger partial charge in [0.25, 0.3) is 0 Å². The summed E-state index contributed by atoms with van der Waals surface area (Å²) < 4.78 is 0. The molecule has 0 radical (unpaired) electrons. The Bertz CT molecular complexity index is 236. The van der Waals surface area contributed by atoms with Gasteiger partial charge in [0.15, 0.2) is 0 Å². The van der Waals surface area contributed by atoms with E-state index in [0.717, 1.165) is 6.54 Å². The Morgan fingerprint density at radius 3 is 2.53 bits per heavy atom. The van der Waals surface area contributed by atoms with Crippen LogP contribution in [0.4, 0.5) is 0 Å². The molecule has 4 nitrogen and oxygen atoms in total. The molecule has 2 N–H and O–H groups in total. The van der Waals surface area contributed by atoms with Gasteiger partial charge in [-0.25, -0.2) is 0 Å². The Hall–Kier alpha value is -1.06. The molecule has 1 rings (SSSR count). The van der Waals surface area contributed by atoms with Gasteiger partial charge < -0.3 is 10.4 Å². The molecule has 0 saturated heterocycles. The fourth-order valence-electron chi connectivity index (χ4n) is 1.71. The molecule has 86 valence electrons. The van der Waals surface area contributed by atoms with Crippen molar-refractivity contribution in [3.05, 3.63) is 0 Å². The van der Waals surface area contributed by atoms with Crippen LogP contribution < -0.4 is 5.32 Å². The Morgan fingerprint density at radius 1 is 1.40 bits per heavy atom. The number of carboxylic acids is 1. The predicted molar refractivity (Wildman–Crippen MR) is 56.4 cm³/mol. The van der Waals surface area contributed by atoms with E-state index in [1.807, 2.05) is 0 Å². The van der Waals surface area contributed by atoms with Gasteiger partial charge in [-0.15, -0.1) is 0 Å². The van der Waals surface area contributed by atoms with Gasteiger partial charge in [0.05, 0.1) is 0 Å². The number of carboxylic acid groups (broad SMARTS) is 1. The van der Waals surface area contributed by atoms with Gasteiger partial charge in [0, 0.05) is 19.4 Å². The van der Waals surface area contributed by atoms with Crippen LogP contribution in [0.1, 0.15) is 39.0 Å². The normalized spacial score (nSPS) is 17.9. The summed E-state index contributed by atoms with van der Waals surface area (Å²) in [6, 6.07) is 0. The topological polar surface area (TPSA) is 66.4 Å². The summed E-state index contributed by atoms with van der Waals surface area (Å²) in [7, 11) is 0. The molecule has 1 unspecified atom stereocenters. The van der Waals surface area contributed by atoms with Crippen molar-refractivity contribution in [2.75, 3.05) is 6.54 Å². The van der Waals surface area contributed by atoms with Gasteiger partial charge in [-0.05, 0) is 24.7 Å². The quantitative estimate of drug-likeness (QED) is 0.701. The fraction of sp³-hybridized carbons (Fsp3) is 0.818. The summed E-state index contributed by atoms with van der Waals surface area (Å²) in [5.41, 5.74) is 0. The molecule has 0 aromatic rings. The predicted octanol–water partition coefficient (Wildman–Crippen LogP) is 1.40. The zero-order chi connectivity index (χ0) is 11.3.